The maximum absolute atomic E-state index is 11.2. The van der Waals surface area contributed by atoms with Crippen LogP contribution in [0.5, 0.6) is 0 Å². The summed E-state index contributed by atoms with van der Waals surface area (Å²) in [4.78, 5) is 16.0. The SMILES string of the molecule is CC(=O)Nc1ccc(Nc2cc(C)nc3c(-c4ccc(C)cc4)c(C)nn23)cc1. The second-order valence-corrected chi connectivity index (χ2v) is 7.23. The van der Waals surface area contributed by atoms with Crippen LogP contribution >= 0.6 is 0 Å². The fraction of sp³-hybridized carbons (Fsp3) is 0.174. The van der Waals surface area contributed by atoms with Crippen molar-refractivity contribution >= 4 is 28.7 Å². The van der Waals surface area contributed by atoms with Crippen molar-refractivity contribution in [3.05, 3.63) is 71.5 Å². The Hall–Kier alpha value is -3.67. The van der Waals surface area contributed by atoms with E-state index in [4.69, 9.17) is 10.1 Å². The molecule has 4 rings (SSSR count). The lowest BCUT2D eigenvalue weighted by Gasteiger charge is -2.11. The molecule has 0 bridgehead atoms. The monoisotopic (exact) mass is 385 g/mol. The highest BCUT2D eigenvalue weighted by molar-refractivity contribution is 5.89. The van der Waals surface area contributed by atoms with Crippen molar-refractivity contribution in [1.82, 2.24) is 14.6 Å². The predicted octanol–water partition coefficient (Wildman–Crippen LogP) is 5.02. The fourth-order valence-corrected chi connectivity index (χ4v) is 3.38. The van der Waals surface area contributed by atoms with Gasteiger partial charge in [0.25, 0.3) is 0 Å². The Bertz CT molecular complexity index is 1190. The number of carbonyl (C=O) groups is 1. The summed E-state index contributed by atoms with van der Waals surface area (Å²) in [6.45, 7) is 7.56. The van der Waals surface area contributed by atoms with Gasteiger partial charge in [-0.3, -0.25) is 4.79 Å². The molecule has 0 aliphatic rings. The Kier molecular flexibility index (Phi) is 4.76. The second-order valence-electron chi connectivity index (χ2n) is 7.23. The van der Waals surface area contributed by atoms with E-state index in [0.717, 1.165) is 45.4 Å². The molecule has 0 spiro atoms. The van der Waals surface area contributed by atoms with Crippen LogP contribution in [0.2, 0.25) is 0 Å². The van der Waals surface area contributed by atoms with Gasteiger partial charge in [0.1, 0.15) is 5.82 Å². The van der Waals surface area contributed by atoms with Crippen LogP contribution in [0, 0.1) is 20.8 Å². The van der Waals surface area contributed by atoms with Crippen molar-refractivity contribution in [3.8, 4) is 11.1 Å². The number of fused-ring (bicyclic) bond motifs is 1. The molecule has 0 atom stereocenters. The zero-order valence-electron chi connectivity index (χ0n) is 16.9. The van der Waals surface area contributed by atoms with Crippen LogP contribution in [0.3, 0.4) is 0 Å². The van der Waals surface area contributed by atoms with Gasteiger partial charge in [-0.1, -0.05) is 29.8 Å². The molecular weight excluding hydrogens is 362 g/mol. The van der Waals surface area contributed by atoms with Gasteiger partial charge in [0, 0.05) is 35.6 Å². The van der Waals surface area contributed by atoms with Crippen molar-refractivity contribution in [2.75, 3.05) is 10.6 Å². The van der Waals surface area contributed by atoms with E-state index in [9.17, 15) is 4.79 Å². The van der Waals surface area contributed by atoms with Crippen molar-refractivity contribution in [2.45, 2.75) is 27.7 Å². The Morgan fingerprint density at radius 1 is 0.931 bits per heavy atom. The fourth-order valence-electron chi connectivity index (χ4n) is 3.38. The van der Waals surface area contributed by atoms with Crippen LogP contribution in [-0.4, -0.2) is 20.5 Å². The summed E-state index contributed by atoms with van der Waals surface area (Å²) in [6, 6.07) is 18.0. The number of nitrogens with one attached hydrogen (secondary N) is 2. The third kappa shape index (κ3) is 3.82. The first-order chi connectivity index (χ1) is 13.9. The topological polar surface area (TPSA) is 71.3 Å². The molecular formula is C23H23N5O. The average molecular weight is 385 g/mol. The van der Waals surface area contributed by atoms with Gasteiger partial charge in [-0.15, -0.1) is 0 Å². The lowest BCUT2D eigenvalue weighted by Crippen LogP contribution is -2.06. The molecule has 1 amide bonds. The third-order valence-electron chi connectivity index (χ3n) is 4.71. The van der Waals surface area contributed by atoms with Gasteiger partial charge in [-0.05, 0) is 50.6 Å². The number of carbonyl (C=O) groups excluding carboxylic acids is 1. The number of anilines is 3. The maximum Gasteiger partial charge on any atom is 0.221 e. The van der Waals surface area contributed by atoms with Gasteiger partial charge in [0.2, 0.25) is 5.91 Å². The largest absolute Gasteiger partial charge is 0.340 e. The normalized spacial score (nSPS) is 10.9. The molecule has 6 heteroatoms. The smallest absolute Gasteiger partial charge is 0.221 e. The number of aromatic nitrogens is 3. The minimum atomic E-state index is -0.0900. The van der Waals surface area contributed by atoms with E-state index in [2.05, 4.69) is 41.8 Å². The third-order valence-corrected chi connectivity index (χ3v) is 4.71. The van der Waals surface area contributed by atoms with E-state index in [-0.39, 0.29) is 5.91 Å². The Balaban J connectivity index is 1.75. The summed E-state index contributed by atoms with van der Waals surface area (Å²) in [5.41, 5.74) is 7.68. The maximum atomic E-state index is 11.2. The number of nitrogens with zero attached hydrogens (tertiary/aromatic N) is 3. The van der Waals surface area contributed by atoms with E-state index in [1.54, 1.807) is 0 Å². The zero-order valence-corrected chi connectivity index (χ0v) is 16.9. The quantitative estimate of drug-likeness (QED) is 0.517. The minimum Gasteiger partial charge on any atom is -0.340 e. The van der Waals surface area contributed by atoms with Gasteiger partial charge >= 0.3 is 0 Å². The molecule has 0 saturated carbocycles. The molecule has 146 valence electrons. The van der Waals surface area contributed by atoms with Crippen molar-refractivity contribution in [2.24, 2.45) is 0 Å². The highest BCUT2D eigenvalue weighted by Gasteiger charge is 2.16. The van der Waals surface area contributed by atoms with Gasteiger partial charge < -0.3 is 10.6 Å². The summed E-state index contributed by atoms with van der Waals surface area (Å²) in [5, 5.41) is 10.9. The molecule has 0 aliphatic carbocycles. The number of rotatable bonds is 4. The van der Waals surface area contributed by atoms with Gasteiger partial charge in [-0.2, -0.15) is 9.61 Å². The number of hydrogen-bond acceptors (Lipinski definition) is 4. The van der Waals surface area contributed by atoms with Crippen LogP contribution in [0.1, 0.15) is 23.9 Å². The molecule has 2 aromatic heterocycles. The van der Waals surface area contributed by atoms with Gasteiger partial charge in [0.15, 0.2) is 5.65 Å². The number of hydrogen-bond donors (Lipinski definition) is 2. The molecule has 29 heavy (non-hydrogen) atoms. The van der Waals surface area contributed by atoms with Crippen LogP contribution in [0.25, 0.3) is 16.8 Å². The molecule has 0 aliphatic heterocycles. The Morgan fingerprint density at radius 2 is 1.59 bits per heavy atom. The standard InChI is InChI=1S/C23H23N5O/c1-14-5-7-18(8-6-14)22-16(3)27-28-21(13-15(2)24-23(22)28)26-20-11-9-19(10-12-20)25-17(4)29/h5-13,26H,1-4H3,(H,25,29). The molecule has 2 N–H and O–H groups in total. The summed E-state index contributed by atoms with van der Waals surface area (Å²) in [5.74, 6) is 0.745. The minimum absolute atomic E-state index is 0.0900. The van der Waals surface area contributed by atoms with Crippen LogP contribution < -0.4 is 10.6 Å². The van der Waals surface area contributed by atoms with Crippen LogP contribution in [-0.2, 0) is 4.79 Å². The first-order valence-electron chi connectivity index (χ1n) is 9.49. The number of amides is 1. The summed E-state index contributed by atoms with van der Waals surface area (Å²) >= 11 is 0. The van der Waals surface area contributed by atoms with Gasteiger partial charge in [0.05, 0.1) is 5.69 Å². The number of aryl methyl sites for hydroxylation is 3. The van der Waals surface area contributed by atoms with E-state index in [0.29, 0.717) is 0 Å². The highest BCUT2D eigenvalue weighted by atomic mass is 16.1. The summed E-state index contributed by atoms with van der Waals surface area (Å²) in [7, 11) is 0. The van der Waals surface area contributed by atoms with Crippen LogP contribution in [0.4, 0.5) is 17.2 Å². The molecule has 0 unspecified atom stereocenters. The molecule has 2 aromatic carbocycles. The highest BCUT2D eigenvalue weighted by Crippen LogP contribution is 2.30. The second kappa shape index (κ2) is 7.39. The van der Waals surface area contributed by atoms with Crippen molar-refractivity contribution < 1.29 is 4.79 Å². The Labute approximate surface area is 169 Å². The zero-order chi connectivity index (χ0) is 20.5. The lowest BCUT2D eigenvalue weighted by atomic mass is 10.0. The molecule has 6 nitrogen and oxygen atoms in total. The van der Waals surface area contributed by atoms with Gasteiger partial charge in [-0.25, -0.2) is 4.98 Å². The first kappa shape index (κ1) is 18.7. The average Bonchev–Trinajstić information content (AvgIpc) is 3.00. The summed E-state index contributed by atoms with van der Waals surface area (Å²) in [6.07, 6.45) is 0. The summed E-state index contributed by atoms with van der Waals surface area (Å²) < 4.78 is 1.85. The van der Waals surface area contributed by atoms with E-state index < -0.39 is 0 Å². The molecule has 2 heterocycles. The number of benzene rings is 2. The van der Waals surface area contributed by atoms with E-state index in [1.165, 1.54) is 12.5 Å². The van der Waals surface area contributed by atoms with E-state index in [1.807, 2.05) is 48.7 Å². The molecule has 0 fully saturated rings. The van der Waals surface area contributed by atoms with Crippen molar-refractivity contribution in [1.29, 1.82) is 0 Å². The lowest BCUT2D eigenvalue weighted by molar-refractivity contribution is -0.114. The first-order valence-corrected chi connectivity index (χ1v) is 9.49. The molecule has 0 radical (unpaired) electrons. The Morgan fingerprint density at radius 3 is 2.24 bits per heavy atom. The van der Waals surface area contributed by atoms with Crippen molar-refractivity contribution in [3.63, 3.8) is 0 Å². The van der Waals surface area contributed by atoms with Crippen LogP contribution in [0.15, 0.2) is 54.6 Å². The molecule has 0 saturated heterocycles. The van der Waals surface area contributed by atoms with E-state index >= 15 is 0 Å². The molecule has 4 aromatic rings. The predicted molar refractivity (Wildman–Crippen MR) is 117 cm³/mol.